The molecule has 0 aliphatic rings. The summed E-state index contributed by atoms with van der Waals surface area (Å²) in [5.74, 6) is 0. The maximum absolute atomic E-state index is 3.53. The van der Waals surface area contributed by atoms with Crippen LogP contribution in [0.3, 0.4) is 0 Å². The van der Waals surface area contributed by atoms with Gasteiger partial charge in [-0.2, -0.15) is 0 Å². The largest absolute Gasteiger partial charge is 0.314 e. The van der Waals surface area contributed by atoms with Crippen LogP contribution in [0.2, 0.25) is 25.7 Å². The van der Waals surface area contributed by atoms with Gasteiger partial charge in [-0.3, -0.25) is 0 Å². The van der Waals surface area contributed by atoms with E-state index >= 15 is 0 Å². The summed E-state index contributed by atoms with van der Waals surface area (Å²) in [4.78, 5) is 0. The Balaban J connectivity index is 3.94. The molecule has 0 atom stereocenters. The van der Waals surface area contributed by atoms with Crippen LogP contribution in [0.25, 0.3) is 0 Å². The quantitative estimate of drug-likeness (QED) is 0.673. The average molecular weight is 201 g/mol. The molecule has 0 aliphatic carbocycles. The van der Waals surface area contributed by atoms with Crippen molar-refractivity contribution in [2.75, 3.05) is 6.54 Å². The van der Waals surface area contributed by atoms with E-state index in [9.17, 15) is 0 Å². The van der Waals surface area contributed by atoms with E-state index in [1.165, 1.54) is 6.04 Å². The molecule has 0 rings (SSSR count). The van der Waals surface area contributed by atoms with Gasteiger partial charge >= 0.3 is 0 Å². The molecule has 0 aromatic heterocycles. The van der Waals surface area contributed by atoms with E-state index in [0.717, 1.165) is 6.54 Å². The lowest BCUT2D eigenvalue weighted by molar-refractivity contribution is 0.359. The number of hydrogen-bond acceptors (Lipinski definition) is 1. The number of nitrogens with one attached hydrogen (secondary N) is 1. The van der Waals surface area contributed by atoms with E-state index in [1.54, 1.807) is 0 Å². The molecule has 0 radical (unpaired) electrons. The van der Waals surface area contributed by atoms with Crippen LogP contribution in [0.15, 0.2) is 0 Å². The summed E-state index contributed by atoms with van der Waals surface area (Å²) in [5.41, 5.74) is 0.467. The molecule has 2 heteroatoms. The van der Waals surface area contributed by atoms with Gasteiger partial charge in [-0.15, -0.1) is 0 Å². The zero-order valence-electron chi connectivity index (χ0n) is 10.5. The van der Waals surface area contributed by atoms with Crippen molar-refractivity contribution >= 4 is 8.07 Å². The molecule has 0 saturated carbocycles. The zero-order valence-corrected chi connectivity index (χ0v) is 11.5. The Morgan fingerprint density at radius 1 is 1.15 bits per heavy atom. The summed E-state index contributed by atoms with van der Waals surface area (Å²) in [6, 6.07) is 2.01. The molecule has 0 bridgehead atoms. The van der Waals surface area contributed by atoms with Crippen LogP contribution in [0.4, 0.5) is 0 Å². The minimum atomic E-state index is -0.905. The summed E-state index contributed by atoms with van der Waals surface area (Å²) < 4.78 is 0. The molecule has 0 unspecified atom stereocenters. The third-order valence-electron chi connectivity index (χ3n) is 2.00. The van der Waals surface area contributed by atoms with Crippen LogP contribution in [0, 0.1) is 5.41 Å². The second-order valence-corrected chi connectivity index (χ2v) is 11.9. The molecule has 80 valence electrons. The van der Waals surface area contributed by atoms with Crippen LogP contribution in [0.5, 0.6) is 0 Å². The molecule has 1 nitrogen and oxygen atoms in total. The molecule has 0 aliphatic heterocycles. The van der Waals surface area contributed by atoms with E-state index in [-0.39, 0.29) is 0 Å². The van der Waals surface area contributed by atoms with Crippen molar-refractivity contribution in [3.05, 3.63) is 0 Å². The second kappa shape index (κ2) is 4.60. The number of rotatable bonds is 5. The summed E-state index contributed by atoms with van der Waals surface area (Å²) >= 11 is 0. The van der Waals surface area contributed by atoms with Crippen LogP contribution in [0.1, 0.15) is 27.7 Å². The monoisotopic (exact) mass is 201 g/mol. The lowest BCUT2D eigenvalue weighted by Gasteiger charge is -2.32. The van der Waals surface area contributed by atoms with Crippen LogP contribution < -0.4 is 5.32 Å². The first-order valence-electron chi connectivity index (χ1n) is 5.36. The van der Waals surface area contributed by atoms with Gasteiger partial charge in [0.2, 0.25) is 0 Å². The fourth-order valence-electron chi connectivity index (χ4n) is 1.98. The van der Waals surface area contributed by atoms with Crippen molar-refractivity contribution in [1.82, 2.24) is 5.32 Å². The molecular formula is C11H27NSi. The third-order valence-corrected chi connectivity index (χ3v) is 4.02. The number of hydrogen-bond donors (Lipinski definition) is 1. The summed E-state index contributed by atoms with van der Waals surface area (Å²) in [6.45, 7) is 17.7. The second-order valence-electron chi connectivity index (χ2n) is 6.44. The Morgan fingerprint density at radius 2 is 1.62 bits per heavy atom. The third kappa shape index (κ3) is 8.51. The molecule has 0 spiro atoms. The van der Waals surface area contributed by atoms with Crippen molar-refractivity contribution in [1.29, 1.82) is 0 Å². The maximum Gasteiger partial charge on any atom is 0.0448 e. The minimum absolute atomic E-state index is 0.467. The van der Waals surface area contributed by atoms with Gasteiger partial charge < -0.3 is 5.32 Å². The first kappa shape index (κ1) is 13.2. The van der Waals surface area contributed by atoms with E-state index in [4.69, 9.17) is 0 Å². The normalized spacial score (nSPS) is 13.8. The maximum atomic E-state index is 3.53. The van der Waals surface area contributed by atoms with Gasteiger partial charge in [0.05, 0.1) is 0 Å². The molecule has 1 N–H and O–H groups in total. The summed E-state index contributed by atoms with van der Waals surface area (Å²) in [6.07, 6.45) is 0. The highest BCUT2D eigenvalue weighted by molar-refractivity contribution is 6.76. The predicted octanol–water partition coefficient (Wildman–Crippen LogP) is 3.35. The van der Waals surface area contributed by atoms with Crippen LogP contribution >= 0.6 is 0 Å². The average Bonchev–Trinajstić information content (AvgIpc) is 1.78. The van der Waals surface area contributed by atoms with Crippen molar-refractivity contribution in [3.63, 3.8) is 0 Å². The van der Waals surface area contributed by atoms with Gasteiger partial charge in [-0.25, -0.2) is 0 Å². The molecule has 0 fully saturated rings. The molecule has 0 saturated heterocycles. The Bertz CT molecular complexity index is 145. The van der Waals surface area contributed by atoms with E-state index in [1.807, 2.05) is 0 Å². The van der Waals surface area contributed by atoms with Gasteiger partial charge in [0, 0.05) is 20.7 Å². The highest BCUT2D eigenvalue weighted by atomic mass is 28.3. The van der Waals surface area contributed by atoms with Gasteiger partial charge in [0.25, 0.3) is 0 Å². The van der Waals surface area contributed by atoms with E-state index < -0.39 is 8.07 Å². The Labute approximate surface area is 85.3 Å². The fraction of sp³-hybridized carbons (Fsp3) is 1.00. The standard InChI is InChI=1S/C11H27NSi/c1-10(2)12-8-11(3,4)9-13(5,6)7/h10,12H,8-9H2,1-7H3. The molecule has 0 heterocycles. The topological polar surface area (TPSA) is 12.0 Å². The molecule has 13 heavy (non-hydrogen) atoms. The highest BCUT2D eigenvalue weighted by Crippen LogP contribution is 2.27. The lowest BCUT2D eigenvalue weighted by Crippen LogP contribution is -2.38. The fourth-order valence-corrected chi connectivity index (χ4v) is 4.97. The Morgan fingerprint density at radius 3 is 1.92 bits per heavy atom. The Hall–Kier alpha value is 0.177. The zero-order chi connectivity index (χ0) is 10.7. The Kier molecular flexibility index (Phi) is 4.67. The lowest BCUT2D eigenvalue weighted by atomic mass is 9.96. The summed E-state index contributed by atoms with van der Waals surface area (Å²) in [5, 5.41) is 3.53. The SMILES string of the molecule is CC(C)NCC(C)(C)C[Si](C)(C)C. The smallest absolute Gasteiger partial charge is 0.0448 e. The van der Waals surface area contributed by atoms with Gasteiger partial charge in [0.1, 0.15) is 0 Å². The minimum Gasteiger partial charge on any atom is -0.314 e. The molecule has 0 aromatic rings. The summed E-state index contributed by atoms with van der Waals surface area (Å²) in [7, 11) is -0.905. The van der Waals surface area contributed by atoms with Gasteiger partial charge in [-0.05, 0) is 5.41 Å². The van der Waals surface area contributed by atoms with E-state index in [0.29, 0.717) is 11.5 Å². The van der Waals surface area contributed by atoms with Crippen molar-refractivity contribution in [2.24, 2.45) is 5.41 Å². The van der Waals surface area contributed by atoms with Crippen LogP contribution in [-0.4, -0.2) is 20.7 Å². The predicted molar refractivity (Wildman–Crippen MR) is 65.1 cm³/mol. The first-order chi connectivity index (χ1) is 5.62. The van der Waals surface area contributed by atoms with Crippen molar-refractivity contribution in [3.8, 4) is 0 Å². The first-order valence-corrected chi connectivity index (χ1v) is 9.06. The van der Waals surface area contributed by atoms with Crippen molar-refractivity contribution < 1.29 is 0 Å². The highest BCUT2D eigenvalue weighted by Gasteiger charge is 2.26. The van der Waals surface area contributed by atoms with Crippen molar-refractivity contribution in [2.45, 2.75) is 59.4 Å². The van der Waals surface area contributed by atoms with Gasteiger partial charge in [0.15, 0.2) is 0 Å². The molecule has 0 aromatic carbocycles. The molecule has 0 amide bonds. The van der Waals surface area contributed by atoms with E-state index in [2.05, 4.69) is 52.7 Å². The van der Waals surface area contributed by atoms with Crippen LogP contribution in [-0.2, 0) is 0 Å². The van der Waals surface area contributed by atoms with Gasteiger partial charge in [-0.1, -0.05) is 53.4 Å². The molecular weight excluding hydrogens is 174 g/mol.